The quantitative estimate of drug-likeness (QED) is 0.403. The summed E-state index contributed by atoms with van der Waals surface area (Å²) in [5.41, 5.74) is 2.20. The molecule has 0 bridgehead atoms. The molecule has 0 aliphatic rings. The number of hydrogen-bond acceptors (Lipinski definition) is 4. The molecule has 8 heteroatoms. The van der Waals surface area contributed by atoms with Gasteiger partial charge in [-0.1, -0.05) is 0 Å². The molecule has 0 heterocycles. The summed E-state index contributed by atoms with van der Waals surface area (Å²) in [7, 11) is 0. The van der Waals surface area contributed by atoms with Gasteiger partial charge in [-0.25, -0.2) is 5.48 Å². The van der Waals surface area contributed by atoms with Gasteiger partial charge in [0.1, 0.15) is 13.1 Å². The molecule has 0 radical (unpaired) electrons. The van der Waals surface area contributed by atoms with Gasteiger partial charge in [0, 0.05) is 13.1 Å². The van der Waals surface area contributed by atoms with E-state index in [1.165, 1.54) is 9.80 Å². The lowest BCUT2D eigenvalue weighted by molar-refractivity contribution is -0.141. The summed E-state index contributed by atoms with van der Waals surface area (Å²) in [6, 6.07) is 0. The molecule has 110 valence electrons. The largest absolute Gasteiger partial charge is 0.332 e. The molecule has 7 nitrogen and oxygen atoms in total. The molecule has 0 aromatic heterocycles. The number of rotatable bonds is 8. The molecule has 0 atom stereocenters. The summed E-state index contributed by atoms with van der Waals surface area (Å²) in [6.45, 7) is 5.95. The SMILES string of the molecule is CCONC(=O)CN(CC)C(=O)CN(CC)C(=O)Cl. The second-order valence-corrected chi connectivity index (χ2v) is 3.96. The van der Waals surface area contributed by atoms with Crippen LogP contribution in [0.3, 0.4) is 0 Å². The third kappa shape index (κ3) is 6.97. The van der Waals surface area contributed by atoms with Gasteiger partial charge < -0.3 is 9.80 Å². The van der Waals surface area contributed by atoms with Crippen LogP contribution in [-0.4, -0.2) is 59.8 Å². The second kappa shape index (κ2) is 9.57. The molecule has 0 spiro atoms. The predicted molar refractivity (Wildman–Crippen MR) is 70.5 cm³/mol. The van der Waals surface area contributed by atoms with Crippen LogP contribution in [0.15, 0.2) is 0 Å². The Balaban J connectivity index is 4.38. The van der Waals surface area contributed by atoms with Crippen LogP contribution in [0.2, 0.25) is 0 Å². The average Bonchev–Trinajstić information content (AvgIpc) is 2.38. The van der Waals surface area contributed by atoms with Crippen molar-refractivity contribution >= 4 is 28.8 Å². The number of carbonyl (C=O) groups excluding carboxylic acids is 3. The highest BCUT2D eigenvalue weighted by Crippen LogP contribution is 1.99. The van der Waals surface area contributed by atoms with Gasteiger partial charge in [0.05, 0.1) is 6.61 Å². The van der Waals surface area contributed by atoms with E-state index in [1.54, 1.807) is 20.8 Å². The standard InChI is InChI=1S/C11H20ClN3O4/c1-4-14(7-9(16)13-19-6-3)10(17)8-15(5-2)11(12)18/h4-8H2,1-3H3,(H,13,16). The minimum atomic E-state index is -0.689. The van der Waals surface area contributed by atoms with Crippen LogP contribution in [0, 0.1) is 0 Å². The average molecular weight is 294 g/mol. The topological polar surface area (TPSA) is 79.0 Å². The summed E-state index contributed by atoms with van der Waals surface area (Å²) < 4.78 is 0. The first-order valence-electron chi connectivity index (χ1n) is 6.08. The molecule has 0 aliphatic carbocycles. The van der Waals surface area contributed by atoms with Gasteiger partial charge in [-0.15, -0.1) is 0 Å². The van der Waals surface area contributed by atoms with E-state index in [1.807, 2.05) is 0 Å². The van der Waals surface area contributed by atoms with Crippen molar-refractivity contribution in [1.29, 1.82) is 0 Å². The summed E-state index contributed by atoms with van der Waals surface area (Å²) in [4.78, 5) is 41.6. The van der Waals surface area contributed by atoms with Crippen molar-refractivity contribution in [3.05, 3.63) is 0 Å². The number of carbonyl (C=O) groups is 3. The minimum absolute atomic E-state index is 0.122. The fourth-order valence-electron chi connectivity index (χ4n) is 1.30. The third-order valence-corrected chi connectivity index (χ3v) is 2.59. The normalized spacial score (nSPS) is 9.89. The molecule has 3 amide bonds. The molecular weight excluding hydrogens is 274 g/mol. The Hall–Kier alpha value is -1.34. The molecule has 0 fully saturated rings. The summed E-state index contributed by atoms with van der Waals surface area (Å²) in [5.74, 6) is -0.762. The van der Waals surface area contributed by atoms with E-state index in [0.29, 0.717) is 19.7 Å². The Morgan fingerprint density at radius 2 is 1.63 bits per heavy atom. The van der Waals surface area contributed by atoms with Crippen molar-refractivity contribution in [2.45, 2.75) is 20.8 Å². The third-order valence-electron chi connectivity index (χ3n) is 2.36. The minimum Gasteiger partial charge on any atom is -0.332 e. The van der Waals surface area contributed by atoms with Gasteiger partial charge in [0.25, 0.3) is 5.91 Å². The number of hydrogen-bond donors (Lipinski definition) is 1. The monoisotopic (exact) mass is 293 g/mol. The Morgan fingerprint density at radius 3 is 2.05 bits per heavy atom. The molecule has 0 rings (SSSR count). The maximum absolute atomic E-state index is 11.9. The second-order valence-electron chi connectivity index (χ2n) is 3.63. The van der Waals surface area contributed by atoms with E-state index in [-0.39, 0.29) is 19.0 Å². The van der Waals surface area contributed by atoms with Crippen LogP contribution in [-0.2, 0) is 14.4 Å². The molecule has 0 unspecified atom stereocenters. The van der Waals surface area contributed by atoms with Crippen LogP contribution in [0.1, 0.15) is 20.8 Å². The van der Waals surface area contributed by atoms with Crippen LogP contribution >= 0.6 is 11.6 Å². The van der Waals surface area contributed by atoms with Gasteiger partial charge in [-0.05, 0) is 32.4 Å². The maximum atomic E-state index is 11.9. The number of nitrogens with zero attached hydrogens (tertiary/aromatic N) is 2. The van der Waals surface area contributed by atoms with Crippen molar-refractivity contribution in [3.8, 4) is 0 Å². The summed E-state index contributed by atoms with van der Waals surface area (Å²) >= 11 is 5.33. The molecule has 0 aromatic carbocycles. The van der Waals surface area contributed by atoms with E-state index in [0.717, 1.165) is 0 Å². The first kappa shape index (κ1) is 17.7. The van der Waals surface area contributed by atoms with Crippen LogP contribution in [0.4, 0.5) is 4.79 Å². The molecule has 0 aliphatic heterocycles. The van der Waals surface area contributed by atoms with Crippen LogP contribution < -0.4 is 5.48 Å². The van der Waals surface area contributed by atoms with Crippen molar-refractivity contribution in [2.75, 3.05) is 32.8 Å². The lowest BCUT2D eigenvalue weighted by atomic mass is 10.4. The van der Waals surface area contributed by atoms with E-state index in [2.05, 4.69) is 5.48 Å². The summed E-state index contributed by atoms with van der Waals surface area (Å²) in [6.07, 6.45) is 0. The van der Waals surface area contributed by atoms with E-state index in [4.69, 9.17) is 16.4 Å². The van der Waals surface area contributed by atoms with Gasteiger partial charge in [0.2, 0.25) is 5.91 Å². The molecule has 19 heavy (non-hydrogen) atoms. The van der Waals surface area contributed by atoms with E-state index < -0.39 is 11.3 Å². The zero-order chi connectivity index (χ0) is 14.8. The van der Waals surface area contributed by atoms with Crippen molar-refractivity contribution in [2.24, 2.45) is 0 Å². The highest BCUT2D eigenvalue weighted by molar-refractivity contribution is 6.62. The Kier molecular flexibility index (Phi) is 8.90. The number of nitrogens with one attached hydrogen (secondary N) is 1. The Bertz CT molecular complexity index is 325. The zero-order valence-corrected chi connectivity index (χ0v) is 12.2. The summed E-state index contributed by atoms with van der Waals surface area (Å²) in [5, 5.41) is -0.689. The maximum Gasteiger partial charge on any atom is 0.316 e. The van der Waals surface area contributed by atoms with Gasteiger partial charge in [-0.2, -0.15) is 0 Å². The highest BCUT2D eigenvalue weighted by atomic mass is 35.5. The first-order valence-corrected chi connectivity index (χ1v) is 6.46. The van der Waals surface area contributed by atoms with Crippen LogP contribution in [0.25, 0.3) is 0 Å². The van der Waals surface area contributed by atoms with Gasteiger partial charge >= 0.3 is 5.37 Å². The number of halogens is 1. The molecule has 0 aromatic rings. The van der Waals surface area contributed by atoms with E-state index >= 15 is 0 Å². The fourth-order valence-corrected chi connectivity index (χ4v) is 1.48. The lowest BCUT2D eigenvalue weighted by Crippen LogP contribution is -2.45. The Morgan fingerprint density at radius 1 is 1.05 bits per heavy atom. The number of likely N-dealkylation sites (N-methyl/N-ethyl adjacent to an activating group) is 2. The lowest BCUT2D eigenvalue weighted by Gasteiger charge is -2.24. The zero-order valence-electron chi connectivity index (χ0n) is 11.4. The van der Waals surface area contributed by atoms with Crippen LogP contribution in [0.5, 0.6) is 0 Å². The molecule has 0 saturated carbocycles. The molecular formula is C11H20ClN3O4. The smallest absolute Gasteiger partial charge is 0.316 e. The fraction of sp³-hybridized carbons (Fsp3) is 0.727. The molecule has 0 saturated heterocycles. The number of hydroxylamine groups is 1. The molecule has 1 N–H and O–H groups in total. The van der Waals surface area contributed by atoms with E-state index in [9.17, 15) is 14.4 Å². The van der Waals surface area contributed by atoms with Crippen molar-refractivity contribution in [3.63, 3.8) is 0 Å². The predicted octanol–water partition coefficient (Wildman–Crippen LogP) is 0.583. The van der Waals surface area contributed by atoms with Crippen molar-refractivity contribution in [1.82, 2.24) is 15.3 Å². The highest BCUT2D eigenvalue weighted by Gasteiger charge is 2.20. The van der Waals surface area contributed by atoms with Gasteiger partial charge in [-0.3, -0.25) is 19.2 Å². The van der Waals surface area contributed by atoms with Crippen molar-refractivity contribution < 1.29 is 19.2 Å². The first-order chi connectivity index (χ1) is 8.96. The van der Waals surface area contributed by atoms with Gasteiger partial charge in [0.15, 0.2) is 0 Å². The number of amides is 3. The Labute approximate surface area is 117 Å².